The summed E-state index contributed by atoms with van der Waals surface area (Å²) in [6.45, 7) is 2.09. The molecule has 0 saturated carbocycles. The third kappa shape index (κ3) is 5.42. The predicted molar refractivity (Wildman–Crippen MR) is 99.3 cm³/mol. The van der Waals surface area contributed by atoms with E-state index in [-0.39, 0.29) is 18.4 Å². The molecule has 4 nitrogen and oxygen atoms in total. The van der Waals surface area contributed by atoms with Crippen LogP contribution in [0.3, 0.4) is 0 Å². The van der Waals surface area contributed by atoms with Crippen molar-refractivity contribution in [2.75, 3.05) is 24.7 Å². The Kier molecular flexibility index (Phi) is 6.88. The first-order valence-corrected chi connectivity index (χ1v) is 8.88. The number of anilines is 1. The SMILES string of the molecule is CCc1ccccc1NC(=O)CN(C)C(=O)CSc1ccccc1. The molecule has 1 N–H and O–H groups in total. The molecule has 0 aromatic heterocycles. The molecule has 0 unspecified atom stereocenters. The molecule has 24 heavy (non-hydrogen) atoms. The summed E-state index contributed by atoms with van der Waals surface area (Å²) in [6.07, 6.45) is 0.846. The molecule has 0 aliphatic rings. The summed E-state index contributed by atoms with van der Waals surface area (Å²) in [5, 5.41) is 2.88. The summed E-state index contributed by atoms with van der Waals surface area (Å²) in [5.74, 6) is 0.0681. The van der Waals surface area contributed by atoms with Crippen LogP contribution in [0.5, 0.6) is 0 Å². The molecule has 0 atom stereocenters. The van der Waals surface area contributed by atoms with Gasteiger partial charge in [-0.25, -0.2) is 0 Å². The van der Waals surface area contributed by atoms with Crippen molar-refractivity contribution < 1.29 is 9.59 Å². The van der Waals surface area contributed by atoms with Crippen LogP contribution < -0.4 is 5.32 Å². The van der Waals surface area contributed by atoms with Crippen LogP contribution in [-0.4, -0.2) is 36.1 Å². The summed E-state index contributed by atoms with van der Waals surface area (Å²) in [4.78, 5) is 26.8. The van der Waals surface area contributed by atoms with Crippen LogP contribution in [0.25, 0.3) is 0 Å². The summed E-state index contributed by atoms with van der Waals surface area (Å²) in [5.41, 5.74) is 1.89. The van der Waals surface area contributed by atoms with E-state index in [0.717, 1.165) is 22.6 Å². The van der Waals surface area contributed by atoms with Gasteiger partial charge in [0.05, 0.1) is 12.3 Å². The van der Waals surface area contributed by atoms with Crippen molar-refractivity contribution in [3.05, 3.63) is 60.2 Å². The maximum absolute atomic E-state index is 12.2. The quantitative estimate of drug-likeness (QED) is 0.784. The zero-order valence-corrected chi connectivity index (χ0v) is 14.8. The number of likely N-dealkylation sites (N-methyl/N-ethyl adjacent to an activating group) is 1. The van der Waals surface area contributed by atoms with Gasteiger partial charge in [-0.1, -0.05) is 43.3 Å². The van der Waals surface area contributed by atoms with E-state index in [4.69, 9.17) is 0 Å². The second-order valence-corrected chi connectivity index (χ2v) is 6.46. The number of nitrogens with zero attached hydrogens (tertiary/aromatic N) is 1. The van der Waals surface area contributed by atoms with E-state index in [1.807, 2.05) is 61.5 Å². The minimum Gasteiger partial charge on any atom is -0.336 e. The molecular weight excluding hydrogens is 320 g/mol. The minimum atomic E-state index is -0.184. The van der Waals surface area contributed by atoms with E-state index in [9.17, 15) is 9.59 Å². The molecule has 126 valence electrons. The van der Waals surface area contributed by atoms with E-state index < -0.39 is 0 Å². The van der Waals surface area contributed by atoms with Crippen molar-refractivity contribution in [1.29, 1.82) is 0 Å². The molecule has 0 aliphatic heterocycles. The zero-order valence-electron chi connectivity index (χ0n) is 14.0. The number of benzene rings is 2. The second kappa shape index (κ2) is 9.13. The summed E-state index contributed by atoms with van der Waals surface area (Å²) in [6, 6.07) is 17.5. The Morgan fingerprint density at radius 2 is 1.71 bits per heavy atom. The molecule has 0 spiro atoms. The number of carbonyl (C=O) groups is 2. The topological polar surface area (TPSA) is 49.4 Å². The molecule has 2 aromatic carbocycles. The van der Waals surface area contributed by atoms with E-state index in [1.54, 1.807) is 7.05 Å². The number of thioether (sulfide) groups is 1. The fraction of sp³-hybridized carbons (Fsp3) is 0.263. The van der Waals surface area contributed by atoms with E-state index >= 15 is 0 Å². The standard InChI is InChI=1S/C19H22N2O2S/c1-3-15-9-7-8-12-17(15)20-18(22)13-21(2)19(23)14-24-16-10-5-4-6-11-16/h4-12H,3,13-14H2,1-2H3,(H,20,22). The molecule has 0 bridgehead atoms. The van der Waals surface area contributed by atoms with Gasteiger partial charge in [-0.3, -0.25) is 9.59 Å². The highest BCUT2D eigenvalue weighted by molar-refractivity contribution is 8.00. The largest absolute Gasteiger partial charge is 0.336 e. The lowest BCUT2D eigenvalue weighted by Crippen LogP contribution is -2.36. The Balaban J connectivity index is 1.83. The Morgan fingerprint density at radius 1 is 1.04 bits per heavy atom. The third-order valence-corrected chi connectivity index (χ3v) is 4.58. The van der Waals surface area contributed by atoms with Gasteiger partial charge in [0, 0.05) is 17.6 Å². The number of rotatable bonds is 7. The van der Waals surface area contributed by atoms with Crippen molar-refractivity contribution in [2.45, 2.75) is 18.2 Å². The van der Waals surface area contributed by atoms with Crippen LogP contribution in [-0.2, 0) is 16.0 Å². The van der Waals surface area contributed by atoms with Gasteiger partial charge in [-0.05, 0) is 30.2 Å². The van der Waals surface area contributed by atoms with Gasteiger partial charge in [0.15, 0.2) is 0 Å². The molecule has 2 rings (SSSR count). The molecule has 0 radical (unpaired) electrons. The lowest BCUT2D eigenvalue weighted by molar-refractivity contribution is -0.131. The van der Waals surface area contributed by atoms with E-state index in [2.05, 4.69) is 5.32 Å². The Labute approximate surface area is 147 Å². The summed E-state index contributed by atoms with van der Waals surface area (Å²) in [7, 11) is 1.65. The van der Waals surface area contributed by atoms with Crippen LogP contribution in [0.15, 0.2) is 59.5 Å². The monoisotopic (exact) mass is 342 g/mol. The van der Waals surface area contributed by atoms with Gasteiger partial charge in [0.25, 0.3) is 0 Å². The second-order valence-electron chi connectivity index (χ2n) is 5.41. The van der Waals surface area contributed by atoms with Gasteiger partial charge in [0.1, 0.15) is 0 Å². The summed E-state index contributed by atoms with van der Waals surface area (Å²) >= 11 is 1.47. The summed E-state index contributed by atoms with van der Waals surface area (Å²) < 4.78 is 0. The molecule has 0 fully saturated rings. The first-order valence-electron chi connectivity index (χ1n) is 7.89. The Morgan fingerprint density at radius 3 is 2.42 bits per heavy atom. The number of nitrogens with one attached hydrogen (secondary N) is 1. The van der Waals surface area contributed by atoms with Crippen molar-refractivity contribution >= 4 is 29.3 Å². The molecule has 2 amide bonds. The molecule has 0 heterocycles. The van der Waals surface area contributed by atoms with Gasteiger partial charge >= 0.3 is 0 Å². The molecule has 0 aliphatic carbocycles. The van der Waals surface area contributed by atoms with Crippen LogP contribution in [0.1, 0.15) is 12.5 Å². The highest BCUT2D eigenvalue weighted by Gasteiger charge is 2.14. The van der Waals surface area contributed by atoms with Crippen molar-refractivity contribution in [1.82, 2.24) is 4.90 Å². The smallest absolute Gasteiger partial charge is 0.243 e. The van der Waals surface area contributed by atoms with Crippen molar-refractivity contribution in [2.24, 2.45) is 0 Å². The Hall–Kier alpha value is -2.27. The Bertz CT molecular complexity index is 689. The van der Waals surface area contributed by atoms with Gasteiger partial charge in [-0.2, -0.15) is 0 Å². The van der Waals surface area contributed by atoms with Gasteiger partial charge in [-0.15, -0.1) is 11.8 Å². The third-order valence-electron chi connectivity index (χ3n) is 3.58. The average molecular weight is 342 g/mol. The van der Waals surface area contributed by atoms with Crippen molar-refractivity contribution in [3.63, 3.8) is 0 Å². The molecule has 2 aromatic rings. The molecule has 0 saturated heterocycles. The highest BCUT2D eigenvalue weighted by atomic mass is 32.2. The number of hydrogen-bond donors (Lipinski definition) is 1. The predicted octanol–water partition coefficient (Wildman–Crippen LogP) is 3.44. The lowest BCUT2D eigenvalue weighted by atomic mass is 10.1. The number of hydrogen-bond acceptors (Lipinski definition) is 3. The highest BCUT2D eigenvalue weighted by Crippen LogP contribution is 2.17. The van der Waals surface area contributed by atoms with Crippen LogP contribution in [0.4, 0.5) is 5.69 Å². The normalized spacial score (nSPS) is 10.2. The number of amides is 2. The first kappa shape index (κ1) is 18.1. The average Bonchev–Trinajstić information content (AvgIpc) is 2.60. The van der Waals surface area contributed by atoms with Crippen LogP contribution in [0.2, 0.25) is 0 Å². The first-order chi connectivity index (χ1) is 11.6. The number of aryl methyl sites for hydroxylation is 1. The van der Waals surface area contributed by atoms with E-state index in [1.165, 1.54) is 16.7 Å². The van der Waals surface area contributed by atoms with E-state index in [0.29, 0.717) is 5.75 Å². The van der Waals surface area contributed by atoms with Crippen LogP contribution >= 0.6 is 11.8 Å². The maximum atomic E-state index is 12.2. The van der Waals surface area contributed by atoms with Gasteiger partial charge in [0.2, 0.25) is 11.8 Å². The zero-order chi connectivity index (χ0) is 17.4. The maximum Gasteiger partial charge on any atom is 0.243 e. The fourth-order valence-corrected chi connectivity index (χ4v) is 3.08. The van der Waals surface area contributed by atoms with Crippen molar-refractivity contribution in [3.8, 4) is 0 Å². The lowest BCUT2D eigenvalue weighted by Gasteiger charge is -2.17. The number of para-hydroxylation sites is 1. The fourth-order valence-electron chi connectivity index (χ4n) is 2.22. The molecular formula is C19H22N2O2S. The van der Waals surface area contributed by atoms with Gasteiger partial charge < -0.3 is 10.2 Å². The van der Waals surface area contributed by atoms with Crippen LogP contribution in [0, 0.1) is 0 Å². The molecule has 5 heteroatoms. The number of carbonyl (C=O) groups excluding carboxylic acids is 2. The minimum absolute atomic E-state index is 0.0478.